The molecule has 0 saturated carbocycles. The van der Waals surface area contributed by atoms with Gasteiger partial charge >= 0.3 is 0 Å². The van der Waals surface area contributed by atoms with Gasteiger partial charge in [-0.2, -0.15) is 0 Å². The quantitative estimate of drug-likeness (QED) is 0.673. The Labute approximate surface area is 91.0 Å². The van der Waals surface area contributed by atoms with Gasteiger partial charge in [-0.05, 0) is 22.0 Å². The summed E-state index contributed by atoms with van der Waals surface area (Å²) in [6.07, 6.45) is 0. The first kappa shape index (κ1) is 10.7. The normalized spacial score (nSPS) is 10.1. The first-order chi connectivity index (χ1) is 6.06. The van der Waals surface area contributed by atoms with E-state index in [0.717, 1.165) is 6.07 Å². The molecule has 5 heteroatoms. The van der Waals surface area contributed by atoms with E-state index in [-0.39, 0.29) is 22.4 Å². The molecule has 0 aliphatic carbocycles. The minimum Gasteiger partial charge on any atom is -0.507 e. The van der Waals surface area contributed by atoms with Crippen molar-refractivity contribution >= 4 is 37.6 Å². The summed E-state index contributed by atoms with van der Waals surface area (Å²) in [5.74, 6) is -1.30. The SMILES string of the molecule is O=C(CBr)c1cc(Br)c(O)cc1F. The summed E-state index contributed by atoms with van der Waals surface area (Å²) in [6.45, 7) is 0. The first-order valence-corrected chi connectivity index (χ1v) is 5.25. The second-order valence-corrected chi connectivity index (χ2v) is 3.76. The largest absolute Gasteiger partial charge is 0.507 e. The Kier molecular flexibility index (Phi) is 3.44. The highest BCUT2D eigenvalue weighted by Gasteiger charge is 2.13. The lowest BCUT2D eigenvalue weighted by molar-refractivity contribution is 0.102. The Balaban J connectivity index is 3.23. The topological polar surface area (TPSA) is 37.3 Å². The van der Waals surface area contributed by atoms with Gasteiger partial charge in [-0.15, -0.1) is 0 Å². The second-order valence-electron chi connectivity index (χ2n) is 2.34. The number of hydrogen-bond donors (Lipinski definition) is 1. The minimum absolute atomic E-state index is 0.0402. The van der Waals surface area contributed by atoms with E-state index in [4.69, 9.17) is 5.11 Å². The Morgan fingerprint density at radius 2 is 2.15 bits per heavy atom. The number of halogens is 3. The molecule has 0 aliphatic heterocycles. The van der Waals surface area contributed by atoms with E-state index in [0.29, 0.717) is 4.47 Å². The lowest BCUT2D eigenvalue weighted by Crippen LogP contribution is -2.03. The van der Waals surface area contributed by atoms with E-state index in [9.17, 15) is 9.18 Å². The molecule has 0 spiro atoms. The average Bonchev–Trinajstić information content (AvgIpc) is 2.10. The van der Waals surface area contributed by atoms with Crippen LogP contribution in [-0.4, -0.2) is 16.2 Å². The number of Topliss-reactive ketones (excluding diaryl/α,β-unsaturated/α-hetero) is 1. The molecule has 1 aromatic rings. The molecule has 1 aromatic carbocycles. The van der Waals surface area contributed by atoms with Crippen LogP contribution in [0.15, 0.2) is 16.6 Å². The van der Waals surface area contributed by atoms with Crippen LogP contribution >= 0.6 is 31.9 Å². The molecule has 0 unspecified atom stereocenters. The van der Waals surface area contributed by atoms with E-state index < -0.39 is 5.82 Å². The lowest BCUT2D eigenvalue weighted by atomic mass is 10.1. The predicted octanol–water partition coefficient (Wildman–Crippen LogP) is 2.87. The van der Waals surface area contributed by atoms with Gasteiger partial charge in [0, 0.05) is 6.07 Å². The van der Waals surface area contributed by atoms with Gasteiger partial charge in [0.25, 0.3) is 0 Å². The number of carbonyl (C=O) groups is 1. The molecule has 0 aromatic heterocycles. The van der Waals surface area contributed by atoms with Gasteiger partial charge in [-0.1, -0.05) is 15.9 Å². The van der Waals surface area contributed by atoms with Crippen LogP contribution < -0.4 is 0 Å². The third-order valence-electron chi connectivity index (χ3n) is 1.46. The number of hydrogen-bond acceptors (Lipinski definition) is 2. The Bertz CT molecular complexity index is 352. The summed E-state index contributed by atoms with van der Waals surface area (Å²) in [5, 5.41) is 9.13. The van der Waals surface area contributed by atoms with E-state index in [1.807, 2.05) is 0 Å². The molecule has 0 atom stereocenters. The molecule has 0 amide bonds. The zero-order valence-corrected chi connectivity index (χ0v) is 9.52. The van der Waals surface area contributed by atoms with Crippen LogP contribution in [0, 0.1) is 5.82 Å². The maximum absolute atomic E-state index is 13.0. The van der Waals surface area contributed by atoms with Crippen LogP contribution in [-0.2, 0) is 0 Å². The van der Waals surface area contributed by atoms with Crippen LogP contribution in [0.25, 0.3) is 0 Å². The number of rotatable bonds is 2. The molecular weight excluding hydrogens is 307 g/mol. The summed E-state index contributed by atoms with van der Waals surface area (Å²) in [7, 11) is 0. The number of aromatic hydroxyl groups is 1. The molecule has 1 rings (SSSR count). The van der Waals surface area contributed by atoms with Gasteiger partial charge < -0.3 is 5.11 Å². The highest BCUT2D eigenvalue weighted by molar-refractivity contribution is 9.10. The maximum Gasteiger partial charge on any atom is 0.176 e. The molecule has 0 radical (unpaired) electrons. The fourth-order valence-corrected chi connectivity index (χ4v) is 1.47. The highest BCUT2D eigenvalue weighted by atomic mass is 79.9. The van der Waals surface area contributed by atoms with E-state index in [1.54, 1.807) is 0 Å². The highest BCUT2D eigenvalue weighted by Crippen LogP contribution is 2.27. The summed E-state index contributed by atoms with van der Waals surface area (Å²) in [4.78, 5) is 11.1. The molecular formula is C8H5Br2FO2. The van der Waals surface area contributed by atoms with Crippen LogP contribution in [0.4, 0.5) is 4.39 Å². The maximum atomic E-state index is 13.0. The summed E-state index contributed by atoms with van der Waals surface area (Å²) in [5.41, 5.74) is -0.0402. The fraction of sp³-hybridized carbons (Fsp3) is 0.125. The fourth-order valence-electron chi connectivity index (χ4n) is 0.822. The van der Waals surface area contributed by atoms with Crippen molar-refractivity contribution in [1.29, 1.82) is 0 Å². The molecule has 0 fully saturated rings. The number of benzene rings is 1. The zero-order chi connectivity index (χ0) is 10.0. The van der Waals surface area contributed by atoms with Crippen molar-refractivity contribution in [2.45, 2.75) is 0 Å². The molecule has 70 valence electrons. The number of alkyl halides is 1. The molecule has 0 aliphatic rings. The zero-order valence-electron chi connectivity index (χ0n) is 6.35. The summed E-state index contributed by atoms with van der Waals surface area (Å²) in [6, 6.07) is 2.16. The van der Waals surface area contributed by atoms with Crippen molar-refractivity contribution in [3.63, 3.8) is 0 Å². The first-order valence-electron chi connectivity index (χ1n) is 3.33. The molecule has 0 bridgehead atoms. The summed E-state index contributed by atoms with van der Waals surface area (Å²) < 4.78 is 13.3. The summed E-state index contributed by atoms with van der Waals surface area (Å²) >= 11 is 5.93. The molecule has 0 heterocycles. The van der Waals surface area contributed by atoms with Gasteiger partial charge in [-0.25, -0.2) is 4.39 Å². The van der Waals surface area contributed by atoms with Crippen molar-refractivity contribution in [3.8, 4) is 5.75 Å². The van der Waals surface area contributed by atoms with E-state index in [1.165, 1.54) is 6.07 Å². The van der Waals surface area contributed by atoms with E-state index >= 15 is 0 Å². The lowest BCUT2D eigenvalue weighted by Gasteiger charge is -2.02. The van der Waals surface area contributed by atoms with Gasteiger partial charge in [0.05, 0.1) is 15.4 Å². The van der Waals surface area contributed by atoms with Gasteiger partial charge in [0.15, 0.2) is 5.78 Å². The van der Waals surface area contributed by atoms with Crippen LogP contribution in [0.5, 0.6) is 5.75 Å². The predicted molar refractivity (Wildman–Crippen MR) is 53.9 cm³/mol. The number of phenolic OH excluding ortho intramolecular Hbond substituents is 1. The monoisotopic (exact) mass is 310 g/mol. The van der Waals surface area contributed by atoms with Crippen LogP contribution in [0.3, 0.4) is 0 Å². The minimum atomic E-state index is -0.717. The third-order valence-corrected chi connectivity index (χ3v) is 2.60. The van der Waals surface area contributed by atoms with Crippen molar-refractivity contribution in [3.05, 3.63) is 28.0 Å². The van der Waals surface area contributed by atoms with E-state index in [2.05, 4.69) is 31.9 Å². The van der Waals surface area contributed by atoms with Crippen molar-refractivity contribution < 1.29 is 14.3 Å². The second kappa shape index (κ2) is 4.19. The van der Waals surface area contributed by atoms with Crippen LogP contribution in [0.2, 0.25) is 0 Å². The Morgan fingerprint density at radius 3 is 2.69 bits per heavy atom. The van der Waals surface area contributed by atoms with Crippen molar-refractivity contribution in [2.24, 2.45) is 0 Å². The standard InChI is InChI=1S/C8H5Br2FO2/c9-3-8(13)4-1-5(10)7(12)2-6(4)11/h1-2,12H,3H2. The smallest absolute Gasteiger partial charge is 0.176 e. The average molecular weight is 312 g/mol. The number of ketones is 1. The number of carbonyl (C=O) groups excluding carboxylic acids is 1. The molecule has 2 nitrogen and oxygen atoms in total. The molecule has 13 heavy (non-hydrogen) atoms. The number of phenols is 1. The Morgan fingerprint density at radius 1 is 1.54 bits per heavy atom. The van der Waals surface area contributed by atoms with Gasteiger partial charge in [0.2, 0.25) is 0 Å². The third kappa shape index (κ3) is 2.28. The van der Waals surface area contributed by atoms with Crippen molar-refractivity contribution in [1.82, 2.24) is 0 Å². The van der Waals surface area contributed by atoms with Crippen molar-refractivity contribution in [2.75, 3.05) is 5.33 Å². The van der Waals surface area contributed by atoms with Gasteiger partial charge in [-0.3, -0.25) is 4.79 Å². The van der Waals surface area contributed by atoms with Crippen LogP contribution in [0.1, 0.15) is 10.4 Å². The van der Waals surface area contributed by atoms with Gasteiger partial charge in [0.1, 0.15) is 11.6 Å². The molecule has 1 N–H and O–H groups in total. The molecule has 0 saturated heterocycles. The Hall–Kier alpha value is -0.420.